The van der Waals surface area contributed by atoms with Gasteiger partial charge in [-0.2, -0.15) is 0 Å². The van der Waals surface area contributed by atoms with Crippen LogP contribution in [0.25, 0.3) is 0 Å². The smallest absolute Gasteiger partial charge is 0.236 e. The van der Waals surface area contributed by atoms with Crippen LogP contribution in [0.2, 0.25) is 0 Å². The molecule has 2 unspecified atom stereocenters. The minimum Gasteiger partial charge on any atom is -0.340 e. The zero-order valence-electron chi connectivity index (χ0n) is 13.5. The summed E-state index contributed by atoms with van der Waals surface area (Å²) in [6, 6.07) is 6.63. The Hall–Kier alpha value is -1.17. The van der Waals surface area contributed by atoms with Crippen molar-refractivity contribution < 1.29 is 9.18 Å². The summed E-state index contributed by atoms with van der Waals surface area (Å²) >= 11 is 0. The third-order valence-electron chi connectivity index (χ3n) is 4.94. The minimum atomic E-state index is -0.250. The highest BCUT2D eigenvalue weighted by Gasteiger charge is 2.33. The van der Waals surface area contributed by atoms with E-state index in [1.54, 1.807) is 30.1 Å². The molecule has 1 aromatic carbocycles. The summed E-state index contributed by atoms with van der Waals surface area (Å²) < 4.78 is 13.7. The maximum absolute atomic E-state index is 13.7. The molecule has 0 aromatic heterocycles. The van der Waals surface area contributed by atoms with Gasteiger partial charge in [-0.15, -0.1) is 12.4 Å². The molecule has 2 fully saturated rings. The van der Waals surface area contributed by atoms with Gasteiger partial charge in [0, 0.05) is 25.7 Å². The van der Waals surface area contributed by atoms with Crippen molar-refractivity contribution in [3.63, 3.8) is 0 Å². The number of hydrogen-bond donors (Lipinski definition) is 1. The van der Waals surface area contributed by atoms with Crippen molar-refractivity contribution in [3.8, 4) is 0 Å². The van der Waals surface area contributed by atoms with Crippen LogP contribution in [0.3, 0.4) is 0 Å². The Morgan fingerprint density at radius 2 is 2.09 bits per heavy atom. The van der Waals surface area contributed by atoms with Crippen molar-refractivity contribution in [1.29, 1.82) is 0 Å². The lowest BCUT2D eigenvalue weighted by Gasteiger charge is -2.34. The highest BCUT2D eigenvalue weighted by Crippen LogP contribution is 2.26. The molecule has 2 saturated heterocycles. The van der Waals surface area contributed by atoms with E-state index in [0.717, 1.165) is 32.1 Å². The molecule has 6 heteroatoms. The van der Waals surface area contributed by atoms with Crippen LogP contribution in [-0.4, -0.2) is 55.5 Å². The zero-order valence-corrected chi connectivity index (χ0v) is 14.3. The molecule has 0 aliphatic carbocycles. The summed E-state index contributed by atoms with van der Waals surface area (Å²) in [6.07, 6.45) is 1.17. The second-order valence-corrected chi connectivity index (χ2v) is 6.54. The molecule has 2 atom stereocenters. The Balaban J connectivity index is 0.00000192. The van der Waals surface area contributed by atoms with Gasteiger partial charge in [-0.25, -0.2) is 4.39 Å². The maximum Gasteiger partial charge on any atom is 0.236 e. The number of carbonyl (C=O) groups excluding carboxylic acids is 1. The molecule has 23 heavy (non-hydrogen) atoms. The predicted molar refractivity (Wildman–Crippen MR) is 91.0 cm³/mol. The molecule has 0 bridgehead atoms. The van der Waals surface area contributed by atoms with Crippen molar-refractivity contribution in [2.75, 3.05) is 39.8 Å². The van der Waals surface area contributed by atoms with Gasteiger partial charge >= 0.3 is 0 Å². The van der Waals surface area contributed by atoms with Gasteiger partial charge in [0.2, 0.25) is 5.91 Å². The van der Waals surface area contributed by atoms with Gasteiger partial charge in [0.1, 0.15) is 5.82 Å². The van der Waals surface area contributed by atoms with Gasteiger partial charge in [0.15, 0.2) is 0 Å². The van der Waals surface area contributed by atoms with Crippen molar-refractivity contribution in [3.05, 3.63) is 35.6 Å². The SMILES string of the molecule is CN(Cc1ccccc1F)C(=O)CN1CCC2CNCC2C1.Cl. The van der Waals surface area contributed by atoms with Gasteiger partial charge in [-0.3, -0.25) is 9.69 Å². The van der Waals surface area contributed by atoms with E-state index in [0.29, 0.717) is 24.6 Å². The van der Waals surface area contributed by atoms with Crippen molar-refractivity contribution >= 4 is 18.3 Å². The molecule has 2 aliphatic heterocycles. The van der Waals surface area contributed by atoms with E-state index in [9.17, 15) is 9.18 Å². The van der Waals surface area contributed by atoms with Crippen LogP contribution >= 0.6 is 12.4 Å². The number of carbonyl (C=O) groups is 1. The number of rotatable bonds is 4. The molecule has 1 N–H and O–H groups in total. The van der Waals surface area contributed by atoms with Crippen LogP contribution in [0.1, 0.15) is 12.0 Å². The Kier molecular flexibility index (Phi) is 6.39. The molecular weight excluding hydrogens is 317 g/mol. The van der Waals surface area contributed by atoms with Crippen LogP contribution in [0.4, 0.5) is 4.39 Å². The second kappa shape index (κ2) is 8.08. The molecule has 4 nitrogen and oxygen atoms in total. The van der Waals surface area contributed by atoms with Crippen molar-refractivity contribution in [2.24, 2.45) is 11.8 Å². The summed E-state index contributed by atoms with van der Waals surface area (Å²) in [6.45, 7) is 4.94. The summed E-state index contributed by atoms with van der Waals surface area (Å²) in [5.74, 6) is 1.27. The topological polar surface area (TPSA) is 35.6 Å². The van der Waals surface area contributed by atoms with E-state index in [1.807, 2.05) is 0 Å². The standard InChI is InChI=1S/C17H24FN3O.ClH/c1-20(10-14-4-2-3-5-16(14)18)17(22)12-21-7-6-13-8-19-9-15(13)11-21;/h2-5,13,15,19H,6-12H2,1H3;1H. The molecule has 1 amide bonds. The monoisotopic (exact) mass is 341 g/mol. The fraction of sp³-hybridized carbons (Fsp3) is 0.588. The van der Waals surface area contributed by atoms with Crippen LogP contribution in [-0.2, 0) is 11.3 Å². The first kappa shape index (κ1) is 18.2. The summed E-state index contributed by atoms with van der Waals surface area (Å²) in [7, 11) is 1.75. The molecule has 2 aliphatic rings. The zero-order chi connectivity index (χ0) is 15.5. The molecule has 0 spiro atoms. The van der Waals surface area contributed by atoms with E-state index in [2.05, 4.69) is 10.2 Å². The first-order chi connectivity index (χ1) is 10.6. The Labute approximate surface area is 143 Å². The van der Waals surface area contributed by atoms with Crippen LogP contribution in [0.5, 0.6) is 0 Å². The van der Waals surface area contributed by atoms with Gasteiger partial charge in [0.05, 0.1) is 6.54 Å². The number of amides is 1. The third kappa shape index (κ3) is 4.43. The Morgan fingerprint density at radius 1 is 1.35 bits per heavy atom. The second-order valence-electron chi connectivity index (χ2n) is 6.54. The number of nitrogens with zero attached hydrogens (tertiary/aromatic N) is 2. The summed E-state index contributed by atoms with van der Waals surface area (Å²) in [5, 5.41) is 3.44. The molecule has 3 rings (SSSR count). The fourth-order valence-electron chi connectivity index (χ4n) is 3.54. The lowest BCUT2D eigenvalue weighted by atomic mass is 9.89. The first-order valence-electron chi connectivity index (χ1n) is 8.04. The molecule has 128 valence electrons. The molecule has 0 radical (unpaired) electrons. The molecule has 0 saturated carbocycles. The van der Waals surface area contributed by atoms with Crippen molar-refractivity contribution in [2.45, 2.75) is 13.0 Å². The number of halogens is 2. The van der Waals surface area contributed by atoms with Crippen LogP contribution in [0, 0.1) is 17.7 Å². The summed E-state index contributed by atoms with van der Waals surface area (Å²) in [5.41, 5.74) is 0.567. The number of piperidine rings is 1. The first-order valence-corrected chi connectivity index (χ1v) is 8.04. The van der Waals surface area contributed by atoms with Gasteiger partial charge in [-0.1, -0.05) is 18.2 Å². The lowest BCUT2D eigenvalue weighted by Crippen LogP contribution is -2.45. The highest BCUT2D eigenvalue weighted by atomic mass is 35.5. The Bertz CT molecular complexity index is 542. The molecular formula is C17H25ClFN3O. The molecule has 2 heterocycles. The van der Waals surface area contributed by atoms with E-state index in [4.69, 9.17) is 0 Å². The quantitative estimate of drug-likeness (QED) is 0.906. The number of fused-ring (bicyclic) bond motifs is 1. The summed E-state index contributed by atoms with van der Waals surface area (Å²) in [4.78, 5) is 16.2. The number of nitrogens with one attached hydrogen (secondary N) is 1. The van der Waals surface area contributed by atoms with Crippen molar-refractivity contribution in [1.82, 2.24) is 15.1 Å². The number of likely N-dealkylation sites (tertiary alicyclic amines) is 1. The largest absolute Gasteiger partial charge is 0.340 e. The third-order valence-corrected chi connectivity index (χ3v) is 4.94. The minimum absolute atomic E-state index is 0. The highest BCUT2D eigenvalue weighted by molar-refractivity contribution is 5.85. The van der Waals surface area contributed by atoms with E-state index >= 15 is 0 Å². The Morgan fingerprint density at radius 3 is 2.87 bits per heavy atom. The number of benzene rings is 1. The van der Waals surface area contributed by atoms with Crippen LogP contribution < -0.4 is 5.32 Å². The number of likely N-dealkylation sites (N-methyl/N-ethyl adjacent to an activating group) is 1. The fourth-order valence-corrected chi connectivity index (χ4v) is 3.54. The normalized spacial score (nSPS) is 23.9. The van der Waals surface area contributed by atoms with Gasteiger partial charge in [0.25, 0.3) is 0 Å². The average Bonchev–Trinajstić information content (AvgIpc) is 2.97. The average molecular weight is 342 g/mol. The van der Waals surface area contributed by atoms with E-state index in [1.165, 1.54) is 12.5 Å². The van der Waals surface area contributed by atoms with Crippen LogP contribution in [0.15, 0.2) is 24.3 Å². The van der Waals surface area contributed by atoms with Gasteiger partial charge < -0.3 is 10.2 Å². The molecule has 1 aromatic rings. The maximum atomic E-state index is 13.7. The predicted octanol–water partition coefficient (Wildman–Crippen LogP) is 1.75. The van der Waals surface area contributed by atoms with Gasteiger partial charge in [-0.05, 0) is 44.0 Å². The van der Waals surface area contributed by atoms with E-state index in [-0.39, 0.29) is 24.1 Å². The van der Waals surface area contributed by atoms with E-state index < -0.39 is 0 Å². The lowest BCUT2D eigenvalue weighted by molar-refractivity contribution is -0.132. The number of hydrogen-bond acceptors (Lipinski definition) is 3.